The topological polar surface area (TPSA) is 64.8 Å². The number of piperazine rings is 1. The number of carbonyl (C=O) groups is 1. The lowest BCUT2D eigenvalue weighted by atomic mass is 9.86. The van der Waals surface area contributed by atoms with Gasteiger partial charge in [0.05, 0.1) is 6.54 Å². The highest BCUT2D eigenvalue weighted by atomic mass is 16.4. The zero-order valence-electron chi connectivity index (χ0n) is 16.2. The van der Waals surface area contributed by atoms with E-state index >= 15 is 0 Å². The fraction of sp³-hybridized carbons (Fsp3) is 0.789. The number of rotatable bonds is 7. The van der Waals surface area contributed by atoms with Gasteiger partial charge in [-0.2, -0.15) is 0 Å². The molecule has 146 valence electrons. The Hall–Kier alpha value is -1.44. The van der Waals surface area contributed by atoms with Crippen LogP contribution in [0.3, 0.4) is 0 Å². The van der Waals surface area contributed by atoms with Gasteiger partial charge in [-0.05, 0) is 32.7 Å². The lowest BCUT2D eigenvalue weighted by Gasteiger charge is -2.46. The van der Waals surface area contributed by atoms with Crippen molar-refractivity contribution in [2.75, 3.05) is 46.3 Å². The van der Waals surface area contributed by atoms with Crippen LogP contribution in [0, 0.1) is 5.92 Å². The molecule has 0 aliphatic carbocycles. The number of likely N-dealkylation sites (N-methyl/N-ethyl adjacent to an activating group) is 1. The molecule has 1 aromatic rings. The van der Waals surface area contributed by atoms with Crippen LogP contribution in [0.25, 0.3) is 0 Å². The lowest BCUT2D eigenvalue weighted by Crippen LogP contribution is -2.56. The van der Waals surface area contributed by atoms with Crippen molar-refractivity contribution in [1.29, 1.82) is 0 Å². The zero-order valence-corrected chi connectivity index (χ0v) is 16.2. The SMILES string of the molecule is CCn1ccnc1CN1CC[C@H](N2CCN(C)CC2)[C@H](CCC(=O)O)C1. The van der Waals surface area contributed by atoms with Crippen molar-refractivity contribution in [2.24, 2.45) is 5.92 Å². The number of aromatic nitrogens is 2. The summed E-state index contributed by atoms with van der Waals surface area (Å²) in [5.41, 5.74) is 0. The molecule has 2 fully saturated rings. The highest BCUT2D eigenvalue weighted by molar-refractivity contribution is 5.66. The molecule has 3 rings (SSSR count). The Labute approximate surface area is 156 Å². The van der Waals surface area contributed by atoms with Gasteiger partial charge in [0.2, 0.25) is 0 Å². The summed E-state index contributed by atoms with van der Waals surface area (Å²) in [5.74, 6) is 0.858. The second-order valence-electron chi connectivity index (χ2n) is 7.75. The number of nitrogens with zero attached hydrogens (tertiary/aromatic N) is 5. The van der Waals surface area contributed by atoms with Crippen LogP contribution >= 0.6 is 0 Å². The van der Waals surface area contributed by atoms with Crippen LogP contribution in [0.5, 0.6) is 0 Å². The maximum atomic E-state index is 11.1. The summed E-state index contributed by atoms with van der Waals surface area (Å²) in [4.78, 5) is 23.1. The molecule has 2 atom stereocenters. The molecule has 1 aromatic heterocycles. The standard InChI is InChI=1S/C19H33N5O2/c1-3-23-9-7-20-18(23)15-22-8-6-17(16(14-22)4-5-19(25)26)24-12-10-21(2)11-13-24/h7,9,16-17H,3-6,8,10-15H2,1-2H3,(H,25,26)/t16-,17+/m1/s1. The van der Waals surface area contributed by atoms with Gasteiger partial charge in [0.25, 0.3) is 0 Å². The molecule has 3 heterocycles. The van der Waals surface area contributed by atoms with E-state index in [1.165, 1.54) is 0 Å². The molecule has 0 amide bonds. The molecule has 2 aliphatic heterocycles. The van der Waals surface area contributed by atoms with Crippen LogP contribution in [-0.2, 0) is 17.9 Å². The van der Waals surface area contributed by atoms with Crippen molar-refractivity contribution >= 4 is 5.97 Å². The second kappa shape index (κ2) is 8.97. The first-order chi connectivity index (χ1) is 12.6. The van der Waals surface area contributed by atoms with Crippen molar-refractivity contribution in [3.8, 4) is 0 Å². The maximum Gasteiger partial charge on any atom is 0.303 e. The largest absolute Gasteiger partial charge is 0.481 e. The first-order valence-electron chi connectivity index (χ1n) is 9.93. The minimum absolute atomic E-state index is 0.270. The Balaban J connectivity index is 1.63. The van der Waals surface area contributed by atoms with E-state index in [-0.39, 0.29) is 6.42 Å². The lowest BCUT2D eigenvalue weighted by molar-refractivity contribution is -0.137. The molecule has 1 N–H and O–H groups in total. The first kappa shape index (κ1) is 19.3. The first-order valence-corrected chi connectivity index (χ1v) is 9.93. The number of imidazole rings is 1. The number of carboxylic acid groups (broad SMARTS) is 1. The maximum absolute atomic E-state index is 11.1. The van der Waals surface area contributed by atoms with Gasteiger partial charge in [-0.15, -0.1) is 0 Å². The zero-order chi connectivity index (χ0) is 18.5. The quantitative estimate of drug-likeness (QED) is 0.785. The van der Waals surface area contributed by atoms with Gasteiger partial charge in [-0.3, -0.25) is 14.6 Å². The number of piperidine rings is 1. The van der Waals surface area contributed by atoms with E-state index in [4.69, 9.17) is 5.11 Å². The van der Waals surface area contributed by atoms with Crippen molar-refractivity contribution in [3.63, 3.8) is 0 Å². The van der Waals surface area contributed by atoms with Gasteiger partial charge in [-0.25, -0.2) is 4.98 Å². The number of aryl methyl sites for hydroxylation is 1. The third-order valence-corrected chi connectivity index (χ3v) is 6.02. The molecule has 0 aromatic carbocycles. The minimum Gasteiger partial charge on any atom is -0.481 e. The number of hydrogen-bond donors (Lipinski definition) is 1. The molecular weight excluding hydrogens is 330 g/mol. The number of likely N-dealkylation sites (tertiary alicyclic amines) is 1. The van der Waals surface area contributed by atoms with Crippen molar-refractivity contribution in [1.82, 2.24) is 24.3 Å². The van der Waals surface area contributed by atoms with Gasteiger partial charge in [0.1, 0.15) is 5.82 Å². The van der Waals surface area contributed by atoms with Crippen LogP contribution in [-0.4, -0.2) is 87.7 Å². The summed E-state index contributed by atoms with van der Waals surface area (Å²) >= 11 is 0. The Bertz CT molecular complexity index is 582. The monoisotopic (exact) mass is 363 g/mol. The van der Waals surface area contributed by atoms with E-state index in [0.717, 1.165) is 71.0 Å². The van der Waals surface area contributed by atoms with Gasteiger partial charge in [0.15, 0.2) is 0 Å². The predicted molar refractivity (Wildman–Crippen MR) is 101 cm³/mol. The molecule has 7 heteroatoms. The molecule has 26 heavy (non-hydrogen) atoms. The minimum atomic E-state index is -0.680. The molecule has 2 saturated heterocycles. The number of hydrogen-bond acceptors (Lipinski definition) is 5. The third-order valence-electron chi connectivity index (χ3n) is 6.02. The molecule has 2 aliphatic rings. The van der Waals surface area contributed by atoms with E-state index in [2.05, 4.69) is 38.2 Å². The Morgan fingerprint density at radius 3 is 2.73 bits per heavy atom. The predicted octanol–water partition coefficient (Wildman–Crippen LogP) is 1.21. The summed E-state index contributed by atoms with van der Waals surface area (Å²) in [6.07, 6.45) is 6.07. The second-order valence-corrected chi connectivity index (χ2v) is 7.75. The fourth-order valence-corrected chi connectivity index (χ4v) is 4.45. The van der Waals surface area contributed by atoms with Crippen LogP contribution < -0.4 is 0 Å². The summed E-state index contributed by atoms with van der Waals surface area (Å²) in [6.45, 7) is 10.4. The summed E-state index contributed by atoms with van der Waals surface area (Å²) < 4.78 is 2.19. The Morgan fingerprint density at radius 2 is 2.04 bits per heavy atom. The molecule has 0 bridgehead atoms. The molecule has 0 spiro atoms. The fourth-order valence-electron chi connectivity index (χ4n) is 4.45. The third kappa shape index (κ3) is 4.84. The molecule has 0 saturated carbocycles. The normalized spacial score (nSPS) is 26.2. The molecule has 0 unspecified atom stereocenters. The van der Waals surface area contributed by atoms with E-state index in [9.17, 15) is 4.79 Å². The molecule has 7 nitrogen and oxygen atoms in total. The highest BCUT2D eigenvalue weighted by Crippen LogP contribution is 2.28. The van der Waals surface area contributed by atoms with Crippen molar-refractivity contribution in [3.05, 3.63) is 18.2 Å². The van der Waals surface area contributed by atoms with Gasteiger partial charge < -0.3 is 14.6 Å². The summed E-state index contributed by atoms with van der Waals surface area (Å²) in [5, 5.41) is 9.17. The summed E-state index contributed by atoms with van der Waals surface area (Å²) in [7, 11) is 2.18. The van der Waals surface area contributed by atoms with Gasteiger partial charge in [-0.1, -0.05) is 0 Å². The molecule has 0 radical (unpaired) electrons. The van der Waals surface area contributed by atoms with Gasteiger partial charge in [0, 0.05) is 70.7 Å². The van der Waals surface area contributed by atoms with Crippen molar-refractivity contribution < 1.29 is 9.90 Å². The number of carboxylic acids is 1. The van der Waals surface area contributed by atoms with Crippen LogP contribution in [0.1, 0.15) is 32.0 Å². The average Bonchev–Trinajstić information content (AvgIpc) is 3.08. The van der Waals surface area contributed by atoms with E-state index < -0.39 is 5.97 Å². The van der Waals surface area contributed by atoms with E-state index in [1.54, 1.807) is 0 Å². The smallest absolute Gasteiger partial charge is 0.303 e. The van der Waals surface area contributed by atoms with Crippen LogP contribution in [0.4, 0.5) is 0 Å². The van der Waals surface area contributed by atoms with E-state index in [1.807, 2.05) is 12.4 Å². The van der Waals surface area contributed by atoms with Crippen LogP contribution in [0.2, 0.25) is 0 Å². The highest BCUT2D eigenvalue weighted by Gasteiger charge is 2.34. The van der Waals surface area contributed by atoms with Gasteiger partial charge >= 0.3 is 5.97 Å². The number of aliphatic carboxylic acids is 1. The molecular formula is C19H33N5O2. The average molecular weight is 364 g/mol. The Morgan fingerprint density at radius 1 is 1.27 bits per heavy atom. The van der Waals surface area contributed by atoms with Crippen molar-refractivity contribution in [2.45, 2.75) is 45.3 Å². The Kier molecular flexibility index (Phi) is 6.67. The summed E-state index contributed by atoms with van der Waals surface area (Å²) in [6, 6.07) is 0.519. The van der Waals surface area contributed by atoms with E-state index in [0.29, 0.717) is 12.0 Å². The van der Waals surface area contributed by atoms with Crippen LogP contribution in [0.15, 0.2) is 12.4 Å².